The van der Waals surface area contributed by atoms with Gasteiger partial charge in [0.15, 0.2) is 0 Å². The van der Waals surface area contributed by atoms with Gasteiger partial charge in [0.05, 0.1) is 6.61 Å². The number of hydrogen-bond acceptors (Lipinski definition) is 0. The smallest absolute Gasteiger partial charge is 0.123 e. The van der Waals surface area contributed by atoms with Crippen LogP contribution in [0.5, 0.6) is 0 Å². The van der Waals surface area contributed by atoms with Crippen molar-refractivity contribution in [2.45, 2.75) is 83.5 Å². The maximum Gasteiger partial charge on any atom is 0.123 e. The fourth-order valence-corrected chi connectivity index (χ4v) is 2.85. The molecule has 0 aliphatic carbocycles. The van der Waals surface area contributed by atoms with Gasteiger partial charge in [0, 0.05) is 0 Å². The quantitative estimate of drug-likeness (QED) is 0.350. The molecule has 0 bridgehead atoms. The monoisotopic (exact) mass is 307 g/mol. The second-order valence-corrected chi connectivity index (χ2v) is 6.32. The zero-order valence-corrected chi connectivity index (χ0v) is 14.0. The first-order valence-electron chi connectivity index (χ1n) is 9.15. The lowest BCUT2D eigenvalue weighted by molar-refractivity contribution is 0.186. The Morgan fingerprint density at radius 1 is 0.591 bits per heavy atom. The first kappa shape index (κ1) is 19.2. The van der Waals surface area contributed by atoms with E-state index in [1.165, 1.54) is 69.8 Å². The van der Waals surface area contributed by atoms with Gasteiger partial charge < -0.3 is 0 Å². The van der Waals surface area contributed by atoms with Crippen LogP contribution in [0.15, 0.2) is 24.3 Å². The highest BCUT2D eigenvalue weighted by Gasteiger charge is 1.96. The van der Waals surface area contributed by atoms with E-state index in [0.29, 0.717) is 0 Å². The summed E-state index contributed by atoms with van der Waals surface area (Å²) >= 11 is 0. The van der Waals surface area contributed by atoms with Crippen molar-refractivity contribution in [2.24, 2.45) is 0 Å². The normalized spacial score (nSPS) is 11.0. The fourth-order valence-electron chi connectivity index (χ4n) is 2.85. The van der Waals surface area contributed by atoms with Crippen LogP contribution in [-0.2, 0) is 11.5 Å². The molecule has 0 heterocycles. The summed E-state index contributed by atoms with van der Waals surface area (Å²) in [4.78, 5) is 0. The summed E-state index contributed by atoms with van der Waals surface area (Å²) in [6.07, 6.45) is 16.2. The highest BCUT2D eigenvalue weighted by molar-refractivity contribution is 5.15. The van der Waals surface area contributed by atoms with Crippen LogP contribution in [0, 0.1) is 5.82 Å². The minimum atomic E-state index is -0.144. The summed E-state index contributed by atoms with van der Waals surface area (Å²) in [6, 6.07) is 6.89. The molecule has 0 N–H and O–H groups in total. The molecule has 1 rings (SSSR count). The Balaban J connectivity index is 1.79. The molecule has 0 spiro atoms. The molecule has 0 atom stereocenters. The molecule has 0 aliphatic heterocycles. The Bertz CT molecular complexity index is 347. The van der Waals surface area contributed by atoms with Crippen LogP contribution < -0.4 is 0 Å². The van der Waals surface area contributed by atoms with E-state index in [-0.39, 0.29) is 12.4 Å². The van der Waals surface area contributed by atoms with Gasteiger partial charge in [0.1, 0.15) is 5.82 Å². The van der Waals surface area contributed by atoms with Gasteiger partial charge in [-0.2, -0.15) is 0 Å². The molecule has 0 fully saturated rings. The first-order valence-corrected chi connectivity index (χ1v) is 9.15. The molecule has 0 unspecified atom stereocenters. The summed E-state index contributed by atoms with van der Waals surface area (Å²) in [6.45, 7) is 0.0984. The highest BCUT2D eigenvalue weighted by Crippen LogP contribution is 2.13. The third-order valence-corrected chi connectivity index (χ3v) is 4.27. The summed E-state index contributed by atoms with van der Waals surface area (Å²) in [5.74, 6) is -0.144. The van der Waals surface area contributed by atoms with E-state index in [0.717, 1.165) is 19.3 Å². The molecular formula is C20H32FO. The van der Waals surface area contributed by atoms with Crippen LogP contribution >= 0.6 is 0 Å². The third-order valence-electron chi connectivity index (χ3n) is 4.27. The van der Waals surface area contributed by atoms with E-state index in [2.05, 4.69) is 0 Å². The number of aryl methyl sites for hydroxylation is 1. The predicted octanol–water partition coefficient (Wildman–Crippen LogP) is 6.48. The van der Waals surface area contributed by atoms with Crippen molar-refractivity contribution in [3.05, 3.63) is 35.6 Å². The maximum absolute atomic E-state index is 12.8. The van der Waals surface area contributed by atoms with Crippen molar-refractivity contribution in [3.63, 3.8) is 0 Å². The van der Waals surface area contributed by atoms with Crippen molar-refractivity contribution in [3.8, 4) is 0 Å². The Labute approximate surface area is 136 Å². The summed E-state index contributed by atoms with van der Waals surface area (Å²) in [5.41, 5.74) is 1.25. The van der Waals surface area contributed by atoms with Gasteiger partial charge in [-0.05, 0) is 37.0 Å². The Morgan fingerprint density at radius 3 is 1.45 bits per heavy atom. The summed E-state index contributed by atoms with van der Waals surface area (Å²) in [5, 5.41) is 10.3. The number of rotatable bonds is 14. The van der Waals surface area contributed by atoms with Crippen LogP contribution in [0.25, 0.3) is 0 Å². The molecule has 2 heteroatoms. The molecule has 1 aromatic rings. The van der Waals surface area contributed by atoms with Gasteiger partial charge >= 0.3 is 0 Å². The SMILES string of the molecule is [O]CCCCCCCCCCCCCCc1ccc(F)cc1. The molecular weight excluding hydrogens is 275 g/mol. The molecule has 0 saturated heterocycles. The van der Waals surface area contributed by atoms with E-state index >= 15 is 0 Å². The second-order valence-electron chi connectivity index (χ2n) is 6.32. The molecule has 125 valence electrons. The van der Waals surface area contributed by atoms with Gasteiger partial charge in [0.25, 0.3) is 0 Å². The van der Waals surface area contributed by atoms with Gasteiger partial charge in [-0.15, -0.1) is 0 Å². The number of benzene rings is 1. The zero-order chi connectivity index (χ0) is 15.9. The standard InChI is InChI=1S/C20H32FO/c21-20-16-14-19(15-17-20)13-11-9-7-5-3-1-2-4-6-8-10-12-18-22/h14-17H,1-13,18H2. The molecule has 0 aromatic heterocycles. The van der Waals surface area contributed by atoms with Gasteiger partial charge in [-0.1, -0.05) is 76.3 Å². The second kappa shape index (κ2) is 13.8. The van der Waals surface area contributed by atoms with Gasteiger partial charge in [-0.3, -0.25) is 0 Å². The maximum atomic E-state index is 12.8. The molecule has 1 nitrogen and oxygen atoms in total. The lowest BCUT2D eigenvalue weighted by Crippen LogP contribution is -1.87. The van der Waals surface area contributed by atoms with Gasteiger partial charge in [0.2, 0.25) is 0 Å². The average Bonchev–Trinajstić information content (AvgIpc) is 2.53. The summed E-state index contributed by atoms with van der Waals surface area (Å²) < 4.78 is 12.8. The van der Waals surface area contributed by atoms with Crippen molar-refractivity contribution in [1.82, 2.24) is 0 Å². The predicted molar refractivity (Wildman–Crippen MR) is 91.1 cm³/mol. The topological polar surface area (TPSA) is 19.9 Å². The van der Waals surface area contributed by atoms with E-state index in [4.69, 9.17) is 0 Å². The highest BCUT2D eigenvalue weighted by atomic mass is 19.1. The van der Waals surface area contributed by atoms with Gasteiger partial charge in [-0.25, -0.2) is 9.50 Å². The zero-order valence-electron chi connectivity index (χ0n) is 14.0. The first-order chi connectivity index (χ1) is 10.8. The van der Waals surface area contributed by atoms with E-state index in [9.17, 15) is 9.50 Å². The van der Waals surface area contributed by atoms with E-state index < -0.39 is 0 Å². The lowest BCUT2D eigenvalue weighted by atomic mass is 10.0. The van der Waals surface area contributed by atoms with Crippen LogP contribution in [0.2, 0.25) is 0 Å². The minimum Gasteiger partial charge on any atom is -0.237 e. The molecule has 22 heavy (non-hydrogen) atoms. The Hall–Kier alpha value is -0.890. The van der Waals surface area contributed by atoms with Crippen molar-refractivity contribution in [2.75, 3.05) is 6.61 Å². The molecule has 1 radical (unpaired) electrons. The van der Waals surface area contributed by atoms with Crippen LogP contribution in [0.1, 0.15) is 82.6 Å². The Morgan fingerprint density at radius 2 is 1.00 bits per heavy atom. The molecule has 1 aromatic carbocycles. The molecule has 0 saturated carbocycles. The molecule has 0 amide bonds. The largest absolute Gasteiger partial charge is 0.237 e. The van der Waals surface area contributed by atoms with Crippen LogP contribution in [-0.4, -0.2) is 6.61 Å². The average molecular weight is 307 g/mol. The van der Waals surface area contributed by atoms with Crippen molar-refractivity contribution < 1.29 is 9.50 Å². The Kier molecular flexibility index (Phi) is 12.0. The van der Waals surface area contributed by atoms with Crippen molar-refractivity contribution in [1.29, 1.82) is 0 Å². The third kappa shape index (κ3) is 10.8. The van der Waals surface area contributed by atoms with E-state index in [1.54, 1.807) is 12.1 Å². The fraction of sp³-hybridized carbons (Fsp3) is 0.700. The van der Waals surface area contributed by atoms with Crippen molar-refractivity contribution >= 4 is 0 Å². The van der Waals surface area contributed by atoms with E-state index in [1.807, 2.05) is 12.1 Å². The lowest BCUT2D eigenvalue weighted by Gasteiger charge is -2.03. The number of unbranched alkanes of at least 4 members (excludes halogenated alkanes) is 11. The number of hydrogen-bond donors (Lipinski definition) is 0. The number of halogens is 1. The van der Waals surface area contributed by atoms with Crippen LogP contribution in [0.3, 0.4) is 0 Å². The molecule has 0 aliphatic rings. The minimum absolute atomic E-state index is 0.0984. The summed E-state index contributed by atoms with van der Waals surface area (Å²) in [7, 11) is 0. The van der Waals surface area contributed by atoms with Crippen LogP contribution in [0.4, 0.5) is 4.39 Å².